The predicted molar refractivity (Wildman–Crippen MR) is 55.5 cm³/mol. The smallest absolute Gasteiger partial charge is 0.262 e. The van der Waals surface area contributed by atoms with Crippen LogP contribution in [-0.2, 0) is 13.5 Å². The predicted octanol–water partition coefficient (Wildman–Crippen LogP) is 3.99. The third kappa shape index (κ3) is 7.69. The monoisotopic (exact) mass is 271 g/mol. The van der Waals surface area contributed by atoms with Gasteiger partial charge >= 0.3 is 6.00 Å². The normalized spacial score (nSPS) is 17.0. The van der Waals surface area contributed by atoms with Gasteiger partial charge in [-0.3, -0.25) is 4.57 Å². The zero-order chi connectivity index (χ0) is 9.83. The molecule has 74 valence electrons. The number of nitrogens with zero attached hydrogens (tertiary/aromatic N) is 1. The molecule has 12 heavy (non-hydrogen) atoms. The van der Waals surface area contributed by atoms with E-state index in [2.05, 4.69) is 4.13 Å². The quantitative estimate of drug-likeness (QED) is 0.574. The molecular formula is C4H9Cl3NO2PS. The van der Waals surface area contributed by atoms with Crippen molar-refractivity contribution in [1.82, 2.24) is 0 Å². The second-order valence-electron chi connectivity index (χ2n) is 2.14. The van der Waals surface area contributed by atoms with E-state index in [0.29, 0.717) is 6.42 Å². The molecule has 0 saturated carbocycles. The second kappa shape index (κ2) is 5.06. The Kier molecular flexibility index (Phi) is 5.50. The Morgan fingerprint density at radius 1 is 1.50 bits per heavy atom. The maximum Gasteiger partial charge on any atom is 0.372 e. The van der Waals surface area contributed by atoms with Gasteiger partial charge in [-0.25, -0.2) is 4.21 Å². The van der Waals surface area contributed by atoms with E-state index in [9.17, 15) is 8.77 Å². The van der Waals surface area contributed by atoms with Crippen LogP contribution in [0.5, 0.6) is 0 Å². The van der Waals surface area contributed by atoms with Crippen LogP contribution in [0.1, 0.15) is 19.8 Å². The summed E-state index contributed by atoms with van der Waals surface area (Å²) in [5.74, 6) is -3.50. The van der Waals surface area contributed by atoms with Crippen LogP contribution in [0.15, 0.2) is 4.13 Å². The maximum absolute atomic E-state index is 11.2. The third-order valence-corrected chi connectivity index (χ3v) is 5.62. The highest BCUT2D eigenvalue weighted by atomic mass is 35.9. The van der Waals surface area contributed by atoms with Crippen LogP contribution in [0.2, 0.25) is 0 Å². The summed E-state index contributed by atoms with van der Waals surface area (Å²) in [6, 6.07) is 0. The van der Waals surface area contributed by atoms with Crippen molar-refractivity contribution in [1.29, 1.82) is 0 Å². The fraction of sp³-hybridized carbons (Fsp3) is 1.00. The highest BCUT2D eigenvalue weighted by molar-refractivity contribution is 8.21. The topological polar surface area (TPSA) is 46.5 Å². The number of halogens is 3. The maximum atomic E-state index is 11.2. The first-order valence-electron chi connectivity index (χ1n) is 3.22. The van der Waals surface area contributed by atoms with E-state index in [0.717, 1.165) is 6.42 Å². The molecule has 0 aliphatic carbocycles. The minimum Gasteiger partial charge on any atom is -0.262 e. The van der Waals surface area contributed by atoms with Crippen LogP contribution < -0.4 is 0 Å². The summed E-state index contributed by atoms with van der Waals surface area (Å²) in [6.07, 6.45) is 1.47. The molecule has 0 radical (unpaired) electrons. The lowest BCUT2D eigenvalue weighted by Gasteiger charge is -1.99. The van der Waals surface area contributed by atoms with E-state index >= 15 is 0 Å². The van der Waals surface area contributed by atoms with E-state index in [4.69, 9.17) is 33.2 Å². The molecule has 0 bridgehead atoms. The fourth-order valence-corrected chi connectivity index (χ4v) is 6.08. The van der Waals surface area contributed by atoms with E-state index < -0.39 is 14.9 Å². The van der Waals surface area contributed by atoms with Gasteiger partial charge in [0.25, 0.3) is 0 Å². The molecule has 3 nitrogen and oxygen atoms in total. The first-order valence-corrected chi connectivity index (χ1v) is 9.20. The third-order valence-electron chi connectivity index (χ3n) is 0.967. The number of unbranched alkanes of at least 4 members (excludes halogenated alkanes) is 1. The highest BCUT2D eigenvalue weighted by Crippen LogP contribution is 2.59. The Balaban J connectivity index is 4.51. The van der Waals surface area contributed by atoms with E-state index in [1.54, 1.807) is 0 Å². The molecule has 0 aliphatic heterocycles. The Morgan fingerprint density at radius 2 is 2.00 bits per heavy atom. The minimum atomic E-state index is -3.67. The van der Waals surface area contributed by atoms with Gasteiger partial charge in [0.2, 0.25) is 0 Å². The zero-order valence-electron chi connectivity index (χ0n) is 6.37. The summed E-state index contributed by atoms with van der Waals surface area (Å²) in [5.41, 5.74) is 0. The van der Waals surface area contributed by atoms with Crippen molar-refractivity contribution < 1.29 is 8.77 Å². The first-order chi connectivity index (χ1) is 5.27. The summed E-state index contributed by atoms with van der Waals surface area (Å²) in [4.78, 5) is 0. The number of rotatable bonds is 4. The zero-order valence-corrected chi connectivity index (χ0v) is 10.4. The molecule has 0 amide bonds. The Morgan fingerprint density at radius 3 is 2.33 bits per heavy atom. The fourth-order valence-electron chi connectivity index (χ4n) is 0.505. The van der Waals surface area contributed by atoms with Gasteiger partial charge in [0.1, 0.15) is 8.94 Å². The van der Waals surface area contributed by atoms with Gasteiger partial charge in [0.15, 0.2) is 0 Å². The Hall–Kier alpha value is 1.05. The molecule has 0 aliphatic rings. The van der Waals surface area contributed by atoms with Gasteiger partial charge < -0.3 is 0 Å². The van der Waals surface area contributed by atoms with Crippen molar-refractivity contribution in [3.05, 3.63) is 0 Å². The van der Waals surface area contributed by atoms with Crippen LogP contribution in [0.3, 0.4) is 0 Å². The van der Waals surface area contributed by atoms with Crippen molar-refractivity contribution in [3.8, 4) is 0 Å². The average molecular weight is 273 g/mol. The van der Waals surface area contributed by atoms with Crippen LogP contribution in [0, 0.1) is 0 Å². The van der Waals surface area contributed by atoms with Crippen LogP contribution >= 0.6 is 39.2 Å². The lowest BCUT2D eigenvalue weighted by molar-refractivity contribution is 0.593. The molecule has 0 spiro atoms. The molecular weight excluding hydrogens is 263 g/mol. The van der Waals surface area contributed by atoms with E-state index in [-0.39, 0.29) is 5.75 Å². The molecule has 8 heteroatoms. The molecule has 0 N–H and O–H groups in total. The Labute approximate surface area is 86.5 Å². The van der Waals surface area contributed by atoms with Crippen molar-refractivity contribution in [2.45, 2.75) is 19.8 Å². The molecule has 1 atom stereocenters. The first kappa shape index (κ1) is 13.1. The lowest BCUT2D eigenvalue weighted by Crippen LogP contribution is -1.95. The van der Waals surface area contributed by atoms with Crippen molar-refractivity contribution >= 4 is 48.1 Å². The number of hydrogen-bond donors (Lipinski definition) is 0. The molecule has 0 rings (SSSR count). The molecule has 0 aromatic carbocycles. The van der Waals surface area contributed by atoms with Crippen molar-refractivity contribution in [2.24, 2.45) is 4.13 Å². The highest BCUT2D eigenvalue weighted by Gasteiger charge is 2.16. The molecule has 0 heterocycles. The lowest BCUT2D eigenvalue weighted by atomic mass is 10.4. The van der Waals surface area contributed by atoms with Gasteiger partial charge in [0.05, 0.1) is 0 Å². The summed E-state index contributed by atoms with van der Waals surface area (Å²) in [7, 11) is 2.44. The van der Waals surface area contributed by atoms with Crippen LogP contribution in [-0.4, -0.2) is 9.96 Å². The summed E-state index contributed by atoms with van der Waals surface area (Å²) >= 11 is 10.2. The molecule has 0 aromatic heterocycles. The van der Waals surface area contributed by atoms with Gasteiger partial charge in [-0.15, -0.1) is 4.13 Å². The standard InChI is InChI=1S/C4H9Cl3NO2PS/c1-2-3-4-12(7,10)8-11(5,6)9/h2-4H2,1H3. The van der Waals surface area contributed by atoms with Crippen LogP contribution in [0.25, 0.3) is 0 Å². The second-order valence-corrected chi connectivity index (χ2v) is 9.91. The molecule has 1 unspecified atom stereocenters. The summed E-state index contributed by atoms with van der Waals surface area (Å²) < 4.78 is 25.1. The SMILES string of the molecule is CCCCS(=O)(Cl)=NP(=O)(Cl)Cl. The average Bonchev–Trinajstić information content (AvgIpc) is 1.78. The number of hydrogen-bond acceptors (Lipinski definition) is 2. The van der Waals surface area contributed by atoms with Gasteiger partial charge in [-0.1, -0.05) is 13.3 Å². The summed E-state index contributed by atoms with van der Waals surface area (Å²) in [6.45, 7) is 1.91. The van der Waals surface area contributed by atoms with E-state index in [1.807, 2.05) is 6.92 Å². The van der Waals surface area contributed by atoms with Crippen LogP contribution in [0.4, 0.5) is 0 Å². The largest absolute Gasteiger partial charge is 0.372 e. The minimum absolute atomic E-state index is 0.161. The van der Waals surface area contributed by atoms with Gasteiger partial charge in [0, 0.05) is 5.75 Å². The summed E-state index contributed by atoms with van der Waals surface area (Å²) in [5, 5.41) is 0. The van der Waals surface area contributed by atoms with Crippen molar-refractivity contribution in [2.75, 3.05) is 5.75 Å². The van der Waals surface area contributed by atoms with Gasteiger partial charge in [-0.2, -0.15) is 0 Å². The van der Waals surface area contributed by atoms with Gasteiger partial charge in [-0.05, 0) is 39.6 Å². The van der Waals surface area contributed by atoms with E-state index in [1.165, 1.54) is 0 Å². The van der Waals surface area contributed by atoms with Crippen molar-refractivity contribution in [3.63, 3.8) is 0 Å². The molecule has 0 fully saturated rings. The molecule has 0 saturated heterocycles. The Bertz CT molecular complexity index is 293. The molecule has 0 aromatic rings.